The number of carbonyl (C=O) groups is 1. The summed E-state index contributed by atoms with van der Waals surface area (Å²) in [6, 6.07) is 8.72. The Morgan fingerprint density at radius 1 is 1.12 bits per heavy atom. The molecular formula is C26H33ClN4O2. The monoisotopic (exact) mass is 468 g/mol. The number of aryl methyl sites for hydroxylation is 2. The number of amides is 1. The molecule has 0 unspecified atom stereocenters. The molecule has 2 aliphatic rings. The molecular weight excluding hydrogens is 436 g/mol. The van der Waals surface area contributed by atoms with Crippen molar-refractivity contribution in [2.24, 2.45) is 11.7 Å². The predicted molar refractivity (Wildman–Crippen MR) is 134 cm³/mol. The van der Waals surface area contributed by atoms with Crippen LogP contribution in [0, 0.1) is 19.8 Å². The first-order chi connectivity index (χ1) is 15.5. The molecule has 33 heavy (non-hydrogen) atoms. The number of pyridine rings is 1. The zero-order valence-corrected chi connectivity index (χ0v) is 20.1. The van der Waals surface area contributed by atoms with Crippen LogP contribution in [0.1, 0.15) is 60.1 Å². The summed E-state index contributed by atoms with van der Waals surface area (Å²) in [6.07, 6.45) is 8.06. The van der Waals surface area contributed by atoms with Crippen LogP contribution in [0.25, 0.3) is 22.2 Å². The quantitative estimate of drug-likeness (QED) is 0.471. The molecule has 0 bridgehead atoms. The van der Waals surface area contributed by atoms with Gasteiger partial charge >= 0.3 is 0 Å². The van der Waals surface area contributed by atoms with E-state index in [4.69, 9.17) is 10.5 Å². The summed E-state index contributed by atoms with van der Waals surface area (Å²) in [6.45, 7) is 4.78. The highest BCUT2D eigenvalue weighted by Crippen LogP contribution is 2.38. The first kappa shape index (κ1) is 23.6. The molecule has 7 heteroatoms. The lowest BCUT2D eigenvalue weighted by Gasteiger charge is -2.26. The third-order valence-corrected chi connectivity index (χ3v) is 6.81. The summed E-state index contributed by atoms with van der Waals surface area (Å²) in [5.74, 6) is 1.50. The summed E-state index contributed by atoms with van der Waals surface area (Å²) >= 11 is 0. The lowest BCUT2D eigenvalue weighted by molar-refractivity contribution is 0.0927. The van der Waals surface area contributed by atoms with Crippen molar-refractivity contribution in [1.29, 1.82) is 0 Å². The fourth-order valence-electron chi connectivity index (χ4n) is 4.70. The molecule has 1 amide bonds. The Bertz CT molecular complexity index is 1150. The molecule has 4 N–H and O–H groups in total. The first-order valence-corrected chi connectivity index (χ1v) is 11.8. The van der Waals surface area contributed by atoms with Crippen LogP contribution in [-0.4, -0.2) is 34.6 Å². The molecule has 2 aromatic heterocycles. The van der Waals surface area contributed by atoms with Crippen LogP contribution >= 0.6 is 12.4 Å². The standard InChI is InChI=1S/C26H32N4O2.ClH/c1-15-3-10-22(32-14-17-4-5-17)21(13-15)20-11-12-28-25-23(16(2)29-24(20)25)26(31)30-19-8-6-18(27)7-9-19;/h3,10-13,17-19,29H,4-9,14,27H2,1-2H3,(H,30,31);1H/t18-,19+;. The lowest BCUT2D eigenvalue weighted by Crippen LogP contribution is -2.40. The van der Waals surface area contributed by atoms with Gasteiger partial charge in [-0.15, -0.1) is 12.4 Å². The molecule has 2 fully saturated rings. The summed E-state index contributed by atoms with van der Waals surface area (Å²) in [4.78, 5) is 21.3. The number of aromatic amines is 1. The van der Waals surface area contributed by atoms with Gasteiger partial charge in [-0.2, -0.15) is 0 Å². The van der Waals surface area contributed by atoms with Gasteiger partial charge < -0.3 is 20.8 Å². The van der Waals surface area contributed by atoms with E-state index in [1.54, 1.807) is 6.20 Å². The van der Waals surface area contributed by atoms with Crippen molar-refractivity contribution in [3.8, 4) is 16.9 Å². The molecule has 0 radical (unpaired) electrons. The number of rotatable bonds is 6. The molecule has 1 aromatic carbocycles. The zero-order valence-electron chi connectivity index (χ0n) is 19.3. The van der Waals surface area contributed by atoms with Crippen LogP contribution in [0.5, 0.6) is 5.75 Å². The second-order valence-electron chi connectivity index (χ2n) is 9.55. The minimum Gasteiger partial charge on any atom is -0.493 e. The van der Waals surface area contributed by atoms with E-state index in [1.807, 2.05) is 13.0 Å². The molecule has 3 aromatic rings. The van der Waals surface area contributed by atoms with Crippen molar-refractivity contribution in [2.75, 3.05) is 6.61 Å². The summed E-state index contributed by atoms with van der Waals surface area (Å²) in [5, 5.41) is 3.22. The number of halogens is 1. The Kier molecular flexibility index (Phi) is 6.96. The minimum atomic E-state index is -0.0617. The third kappa shape index (κ3) is 5.02. The van der Waals surface area contributed by atoms with Gasteiger partial charge in [0.25, 0.3) is 5.91 Å². The number of hydrogen-bond donors (Lipinski definition) is 3. The van der Waals surface area contributed by atoms with Gasteiger partial charge in [-0.05, 0) is 76.5 Å². The molecule has 0 atom stereocenters. The number of nitrogens with one attached hydrogen (secondary N) is 2. The highest BCUT2D eigenvalue weighted by atomic mass is 35.5. The molecule has 0 aliphatic heterocycles. The van der Waals surface area contributed by atoms with Crippen LogP contribution in [0.4, 0.5) is 0 Å². The number of H-pyrrole nitrogens is 1. The van der Waals surface area contributed by atoms with Gasteiger partial charge in [-0.25, -0.2) is 0 Å². The number of fused-ring (bicyclic) bond motifs is 1. The SMILES string of the molecule is Cc1ccc(OCC2CC2)c(-c2ccnc3c(C(=O)N[C@H]4CC[C@@H](N)CC4)c(C)[nH]c23)c1.Cl. The molecule has 2 aliphatic carbocycles. The van der Waals surface area contributed by atoms with Crippen molar-refractivity contribution in [3.05, 3.63) is 47.3 Å². The number of aromatic nitrogens is 2. The summed E-state index contributed by atoms with van der Waals surface area (Å²) < 4.78 is 6.19. The van der Waals surface area contributed by atoms with Crippen LogP contribution in [0.15, 0.2) is 30.5 Å². The van der Waals surface area contributed by atoms with E-state index >= 15 is 0 Å². The number of carbonyl (C=O) groups excluding carboxylic acids is 1. The minimum absolute atomic E-state index is 0. The van der Waals surface area contributed by atoms with Crippen molar-refractivity contribution in [2.45, 2.75) is 64.5 Å². The lowest BCUT2D eigenvalue weighted by atomic mass is 9.91. The van der Waals surface area contributed by atoms with E-state index in [0.29, 0.717) is 17.0 Å². The Balaban J connectivity index is 0.00000259. The van der Waals surface area contributed by atoms with Crippen molar-refractivity contribution in [3.63, 3.8) is 0 Å². The molecule has 6 nitrogen and oxygen atoms in total. The van der Waals surface area contributed by atoms with Crippen molar-refractivity contribution >= 4 is 29.3 Å². The molecule has 2 saturated carbocycles. The Morgan fingerprint density at radius 3 is 2.61 bits per heavy atom. The van der Waals surface area contributed by atoms with E-state index in [0.717, 1.165) is 60.4 Å². The Hall–Kier alpha value is -2.57. The third-order valence-electron chi connectivity index (χ3n) is 6.81. The van der Waals surface area contributed by atoms with Gasteiger partial charge in [-0.3, -0.25) is 9.78 Å². The van der Waals surface area contributed by atoms with E-state index in [2.05, 4.69) is 40.4 Å². The van der Waals surface area contributed by atoms with Crippen molar-refractivity contribution in [1.82, 2.24) is 15.3 Å². The van der Waals surface area contributed by atoms with Gasteiger partial charge in [0, 0.05) is 35.1 Å². The number of benzene rings is 1. The predicted octanol–water partition coefficient (Wildman–Crippen LogP) is 5.06. The molecule has 2 heterocycles. The molecule has 176 valence electrons. The van der Waals surface area contributed by atoms with Gasteiger partial charge in [-0.1, -0.05) is 11.6 Å². The number of ether oxygens (including phenoxy) is 1. The normalized spacial score (nSPS) is 20.3. The molecule has 0 spiro atoms. The van der Waals surface area contributed by atoms with Crippen LogP contribution in [0.3, 0.4) is 0 Å². The smallest absolute Gasteiger partial charge is 0.255 e. The Morgan fingerprint density at radius 2 is 1.88 bits per heavy atom. The zero-order chi connectivity index (χ0) is 22.2. The fraction of sp³-hybridized carbons (Fsp3) is 0.462. The number of nitrogens with zero attached hydrogens (tertiary/aromatic N) is 1. The van der Waals surface area contributed by atoms with Gasteiger partial charge in [0.1, 0.15) is 11.3 Å². The molecule has 0 saturated heterocycles. The topological polar surface area (TPSA) is 93.0 Å². The second kappa shape index (κ2) is 9.74. The highest BCUT2D eigenvalue weighted by Gasteiger charge is 2.26. The fourth-order valence-corrected chi connectivity index (χ4v) is 4.70. The van der Waals surface area contributed by atoms with E-state index < -0.39 is 0 Å². The summed E-state index contributed by atoms with van der Waals surface area (Å²) in [5.41, 5.74) is 12.3. The second-order valence-corrected chi connectivity index (χ2v) is 9.55. The van der Waals surface area contributed by atoms with Gasteiger partial charge in [0.15, 0.2) is 0 Å². The highest BCUT2D eigenvalue weighted by molar-refractivity contribution is 6.09. The number of hydrogen-bond acceptors (Lipinski definition) is 4. The maximum Gasteiger partial charge on any atom is 0.255 e. The van der Waals surface area contributed by atoms with E-state index in [1.165, 1.54) is 18.4 Å². The Labute approximate surface area is 201 Å². The largest absolute Gasteiger partial charge is 0.493 e. The maximum absolute atomic E-state index is 13.2. The van der Waals surface area contributed by atoms with E-state index in [9.17, 15) is 4.79 Å². The van der Waals surface area contributed by atoms with Crippen LogP contribution in [-0.2, 0) is 0 Å². The average Bonchev–Trinajstić information content (AvgIpc) is 3.54. The number of nitrogens with two attached hydrogens (primary N) is 1. The van der Waals surface area contributed by atoms with E-state index in [-0.39, 0.29) is 30.4 Å². The first-order valence-electron chi connectivity index (χ1n) is 11.8. The van der Waals surface area contributed by atoms with Crippen LogP contribution < -0.4 is 15.8 Å². The molecule has 5 rings (SSSR count). The van der Waals surface area contributed by atoms with Crippen LogP contribution in [0.2, 0.25) is 0 Å². The van der Waals surface area contributed by atoms with Gasteiger partial charge in [0.05, 0.1) is 17.7 Å². The van der Waals surface area contributed by atoms with Gasteiger partial charge in [0.2, 0.25) is 0 Å². The van der Waals surface area contributed by atoms with Crippen molar-refractivity contribution < 1.29 is 9.53 Å². The summed E-state index contributed by atoms with van der Waals surface area (Å²) in [7, 11) is 0. The average molecular weight is 469 g/mol. The maximum atomic E-state index is 13.2.